The lowest BCUT2D eigenvalue weighted by molar-refractivity contribution is 0.438. The molecule has 32 heavy (non-hydrogen) atoms. The second-order valence-corrected chi connectivity index (χ2v) is 8.42. The number of halogens is 2. The zero-order valence-electron chi connectivity index (χ0n) is 17.2. The smallest absolute Gasteiger partial charge is 0.276 e. The highest BCUT2D eigenvalue weighted by Gasteiger charge is 2.20. The van der Waals surface area contributed by atoms with Crippen molar-refractivity contribution in [2.45, 2.75) is 18.6 Å². The van der Waals surface area contributed by atoms with Crippen LogP contribution in [-0.4, -0.2) is 22.4 Å². The van der Waals surface area contributed by atoms with Crippen molar-refractivity contribution in [1.29, 1.82) is 0 Å². The normalized spacial score (nSPS) is 12.4. The first kappa shape index (κ1) is 21.7. The molecule has 0 spiro atoms. The number of imidazole rings is 1. The van der Waals surface area contributed by atoms with Crippen molar-refractivity contribution in [2.24, 2.45) is 7.05 Å². The van der Waals surface area contributed by atoms with Gasteiger partial charge in [-0.2, -0.15) is 0 Å². The van der Waals surface area contributed by atoms with Crippen molar-refractivity contribution in [3.8, 4) is 22.8 Å². The van der Waals surface area contributed by atoms with Crippen LogP contribution in [0.5, 0.6) is 11.5 Å². The second-order valence-electron chi connectivity index (χ2n) is 7.22. The lowest BCUT2D eigenvalue weighted by atomic mass is 10.0. The molecule has 0 bridgehead atoms. The minimum absolute atomic E-state index is 0.198. The van der Waals surface area contributed by atoms with Gasteiger partial charge in [0.05, 0.1) is 23.5 Å². The molecule has 2 heterocycles. The largest absolute Gasteiger partial charge is 0.454 e. The van der Waals surface area contributed by atoms with Crippen LogP contribution in [0, 0.1) is 11.6 Å². The molecule has 4 rings (SSSR count). The number of ether oxygens (including phenoxy) is 1. The molecular weight excluding hydrogens is 440 g/mol. The highest BCUT2D eigenvalue weighted by molar-refractivity contribution is 7.72. The fourth-order valence-corrected chi connectivity index (χ4v) is 4.26. The standard InChI is InChI=1S/C22H19F2N3O4S/c1-3-21(32(29)30)13-4-6-19(31-20-7-5-14(23)9-16(20)24)15(8-13)18-11-26(2)22(28)17-10-25-12-27(17)18/h4-12,21,32H,3H2,1-2H3. The molecule has 0 fully saturated rings. The summed E-state index contributed by atoms with van der Waals surface area (Å²) < 4.78 is 59.8. The average molecular weight is 459 g/mol. The van der Waals surface area contributed by atoms with E-state index in [4.69, 9.17) is 4.74 Å². The molecule has 0 saturated heterocycles. The number of hydrogen-bond donors (Lipinski definition) is 1. The molecule has 0 amide bonds. The summed E-state index contributed by atoms with van der Waals surface area (Å²) >= 11 is 0. The molecule has 2 aromatic carbocycles. The Morgan fingerprint density at radius 2 is 1.88 bits per heavy atom. The summed E-state index contributed by atoms with van der Waals surface area (Å²) in [4.78, 5) is 16.5. The maximum atomic E-state index is 14.3. The van der Waals surface area contributed by atoms with E-state index >= 15 is 0 Å². The maximum absolute atomic E-state index is 14.3. The quantitative estimate of drug-likeness (QED) is 0.443. The molecule has 0 aliphatic rings. The van der Waals surface area contributed by atoms with Gasteiger partial charge in [0.2, 0.25) is 0 Å². The van der Waals surface area contributed by atoms with Gasteiger partial charge < -0.3 is 9.30 Å². The Kier molecular flexibility index (Phi) is 5.79. The van der Waals surface area contributed by atoms with Crippen molar-refractivity contribution < 1.29 is 21.9 Å². The van der Waals surface area contributed by atoms with Gasteiger partial charge in [-0.05, 0) is 36.2 Å². The molecule has 0 N–H and O–H groups in total. The van der Waals surface area contributed by atoms with Crippen molar-refractivity contribution in [3.63, 3.8) is 0 Å². The van der Waals surface area contributed by atoms with Crippen molar-refractivity contribution in [3.05, 3.63) is 82.7 Å². The van der Waals surface area contributed by atoms with E-state index in [1.807, 2.05) is 0 Å². The predicted molar refractivity (Wildman–Crippen MR) is 116 cm³/mol. The van der Waals surface area contributed by atoms with Gasteiger partial charge in [-0.25, -0.2) is 22.2 Å². The van der Waals surface area contributed by atoms with Crippen molar-refractivity contribution in [2.75, 3.05) is 0 Å². The Morgan fingerprint density at radius 1 is 1.12 bits per heavy atom. The van der Waals surface area contributed by atoms with Crippen LogP contribution in [0.25, 0.3) is 16.8 Å². The lowest BCUT2D eigenvalue weighted by Gasteiger charge is -2.17. The first-order chi connectivity index (χ1) is 15.3. The number of fused-ring (bicyclic) bond motifs is 1. The summed E-state index contributed by atoms with van der Waals surface area (Å²) in [6, 6.07) is 7.70. The molecule has 1 unspecified atom stereocenters. The van der Waals surface area contributed by atoms with E-state index in [-0.39, 0.29) is 17.1 Å². The minimum Gasteiger partial charge on any atom is -0.454 e. The molecule has 0 aliphatic heterocycles. The van der Waals surface area contributed by atoms with Gasteiger partial charge in [0.25, 0.3) is 5.56 Å². The number of aryl methyl sites for hydroxylation is 1. The summed E-state index contributed by atoms with van der Waals surface area (Å²) in [6.07, 6.45) is 4.78. The molecule has 1 atom stereocenters. The monoisotopic (exact) mass is 459 g/mol. The fourth-order valence-electron chi connectivity index (χ4n) is 3.56. The summed E-state index contributed by atoms with van der Waals surface area (Å²) in [5, 5.41) is -0.730. The first-order valence-electron chi connectivity index (χ1n) is 9.72. The van der Waals surface area contributed by atoms with E-state index in [1.54, 1.807) is 36.7 Å². The van der Waals surface area contributed by atoms with Crippen LogP contribution >= 0.6 is 0 Å². The first-order valence-corrected chi connectivity index (χ1v) is 11.0. The Labute approximate surface area is 183 Å². The van der Waals surface area contributed by atoms with E-state index in [0.717, 1.165) is 6.07 Å². The van der Waals surface area contributed by atoms with Crippen LogP contribution in [0.2, 0.25) is 0 Å². The van der Waals surface area contributed by atoms with Gasteiger partial charge in [-0.3, -0.25) is 9.20 Å². The van der Waals surface area contributed by atoms with Gasteiger partial charge in [-0.15, -0.1) is 0 Å². The predicted octanol–water partition coefficient (Wildman–Crippen LogP) is 3.83. The zero-order chi connectivity index (χ0) is 23.0. The Hall–Kier alpha value is -3.53. The van der Waals surface area contributed by atoms with E-state index in [0.29, 0.717) is 34.8 Å². The Balaban J connectivity index is 1.97. The molecule has 0 aliphatic carbocycles. The topological polar surface area (TPSA) is 82.7 Å². The van der Waals surface area contributed by atoms with E-state index in [1.165, 1.54) is 29.2 Å². The highest BCUT2D eigenvalue weighted by atomic mass is 32.2. The highest BCUT2D eigenvalue weighted by Crippen LogP contribution is 2.37. The molecule has 7 nitrogen and oxygen atoms in total. The van der Waals surface area contributed by atoms with Gasteiger partial charge >= 0.3 is 0 Å². The second kappa shape index (κ2) is 8.54. The van der Waals surface area contributed by atoms with Gasteiger partial charge in [0, 0.05) is 24.9 Å². The number of thiol groups is 1. The van der Waals surface area contributed by atoms with Crippen LogP contribution in [-0.2, 0) is 17.8 Å². The Bertz CT molecular complexity index is 1450. The van der Waals surface area contributed by atoms with E-state index < -0.39 is 27.6 Å². The number of hydrogen-bond acceptors (Lipinski definition) is 5. The zero-order valence-corrected chi connectivity index (χ0v) is 18.1. The number of aromatic nitrogens is 3. The van der Waals surface area contributed by atoms with Crippen LogP contribution in [0.15, 0.2) is 59.9 Å². The molecule has 166 valence electrons. The third-order valence-electron chi connectivity index (χ3n) is 5.17. The van der Waals surface area contributed by atoms with Crippen LogP contribution in [0.1, 0.15) is 24.2 Å². The minimum atomic E-state index is -2.74. The third kappa shape index (κ3) is 3.89. The summed E-state index contributed by atoms with van der Waals surface area (Å²) in [7, 11) is -1.17. The summed E-state index contributed by atoms with van der Waals surface area (Å²) in [5.74, 6) is -1.63. The third-order valence-corrected chi connectivity index (χ3v) is 6.35. The molecule has 4 aromatic rings. The van der Waals surface area contributed by atoms with Crippen LogP contribution < -0.4 is 10.3 Å². The summed E-state index contributed by atoms with van der Waals surface area (Å²) in [5.41, 5.74) is 1.45. The van der Waals surface area contributed by atoms with Crippen LogP contribution in [0.4, 0.5) is 8.78 Å². The Morgan fingerprint density at radius 3 is 2.56 bits per heavy atom. The van der Waals surface area contributed by atoms with Crippen molar-refractivity contribution >= 4 is 16.2 Å². The maximum Gasteiger partial charge on any atom is 0.276 e. The van der Waals surface area contributed by atoms with Gasteiger partial charge in [0.15, 0.2) is 11.6 Å². The van der Waals surface area contributed by atoms with E-state index in [2.05, 4.69) is 4.98 Å². The van der Waals surface area contributed by atoms with Gasteiger partial charge in [0.1, 0.15) is 27.8 Å². The van der Waals surface area contributed by atoms with Gasteiger partial charge in [-0.1, -0.05) is 13.0 Å². The lowest BCUT2D eigenvalue weighted by Crippen LogP contribution is -2.19. The number of nitrogens with zero attached hydrogens (tertiary/aromatic N) is 3. The van der Waals surface area contributed by atoms with Crippen molar-refractivity contribution in [1.82, 2.24) is 14.0 Å². The summed E-state index contributed by atoms with van der Waals surface area (Å²) in [6.45, 7) is 1.76. The number of rotatable bonds is 6. The molecule has 10 heteroatoms. The van der Waals surface area contributed by atoms with E-state index in [9.17, 15) is 22.0 Å². The average Bonchev–Trinajstić information content (AvgIpc) is 3.24. The molecular formula is C22H19F2N3O4S. The van der Waals surface area contributed by atoms with Crippen LogP contribution in [0.3, 0.4) is 0 Å². The SMILES string of the molecule is CCC(c1ccc(Oc2ccc(F)cc2F)c(-c2cn(C)c(=O)c3cncn23)c1)[SH](=O)=O. The molecule has 0 saturated carbocycles. The number of benzene rings is 2. The fraction of sp³-hybridized carbons (Fsp3) is 0.182. The molecule has 0 radical (unpaired) electrons. The molecule has 2 aromatic heterocycles.